The van der Waals surface area contributed by atoms with Crippen LogP contribution in [0.2, 0.25) is 0 Å². The third kappa shape index (κ3) is 1.52. The molecule has 1 aromatic rings. The van der Waals surface area contributed by atoms with Gasteiger partial charge in [0.25, 0.3) is 0 Å². The second-order valence-electron chi connectivity index (χ2n) is 3.36. The van der Waals surface area contributed by atoms with E-state index in [0.29, 0.717) is 5.75 Å². The molecule has 1 aliphatic rings. The predicted octanol–water partition coefficient (Wildman–Crippen LogP) is 1.64. The van der Waals surface area contributed by atoms with Crippen LogP contribution in [0, 0.1) is 11.3 Å². The van der Waals surface area contributed by atoms with E-state index < -0.39 is 0 Å². The fourth-order valence-corrected chi connectivity index (χ4v) is 1.72. The number of anilines is 1. The van der Waals surface area contributed by atoms with Crippen LogP contribution in [0.4, 0.5) is 5.69 Å². The summed E-state index contributed by atoms with van der Waals surface area (Å²) in [5, 5.41) is 11.4. The van der Waals surface area contributed by atoms with E-state index in [1.807, 2.05) is 6.07 Å². The van der Waals surface area contributed by atoms with Crippen LogP contribution in [0.3, 0.4) is 0 Å². The Bertz CT molecular complexity index is 448. The van der Waals surface area contributed by atoms with Gasteiger partial charge in [0.2, 0.25) is 5.91 Å². The van der Waals surface area contributed by atoms with Crippen molar-refractivity contribution >= 4 is 11.6 Å². The number of hydrogen-bond acceptors (Lipinski definition) is 3. The second kappa shape index (κ2) is 3.62. The average Bonchev–Trinajstić information content (AvgIpc) is 2.55. The molecule has 76 valence electrons. The van der Waals surface area contributed by atoms with Crippen molar-refractivity contribution in [1.29, 1.82) is 5.26 Å². The summed E-state index contributed by atoms with van der Waals surface area (Å²) in [5.41, 5.74) is 1.63. The lowest BCUT2D eigenvalue weighted by Crippen LogP contribution is -2.11. The van der Waals surface area contributed by atoms with Gasteiger partial charge in [0.1, 0.15) is 5.75 Å². The molecule has 2 rings (SSSR count). The number of nitriles is 1. The van der Waals surface area contributed by atoms with Gasteiger partial charge in [-0.1, -0.05) is 0 Å². The number of amides is 1. The molecular weight excluding hydrogens is 192 g/mol. The molecule has 0 spiro atoms. The summed E-state index contributed by atoms with van der Waals surface area (Å²) in [5.74, 6) is 0.230. The molecule has 0 aliphatic carbocycles. The van der Waals surface area contributed by atoms with Crippen molar-refractivity contribution < 1.29 is 9.53 Å². The minimum absolute atomic E-state index is 0.111. The molecular formula is C11H10N2O2. The highest BCUT2D eigenvalue weighted by Gasteiger charge is 2.30. The molecule has 0 saturated carbocycles. The minimum Gasteiger partial charge on any atom is -0.497 e. The van der Waals surface area contributed by atoms with Gasteiger partial charge in [-0.25, -0.2) is 0 Å². The Labute approximate surface area is 87.5 Å². The maximum absolute atomic E-state index is 11.5. The van der Waals surface area contributed by atoms with Crippen LogP contribution in [0.25, 0.3) is 0 Å². The number of nitrogens with zero attached hydrogens (tertiary/aromatic N) is 1. The molecule has 1 N–H and O–H groups in total. The number of ether oxygens (including phenoxy) is 1. The summed E-state index contributed by atoms with van der Waals surface area (Å²) in [6, 6.07) is 7.40. The number of hydrogen-bond donors (Lipinski definition) is 1. The molecule has 1 amide bonds. The summed E-state index contributed by atoms with van der Waals surface area (Å²) < 4.78 is 5.08. The van der Waals surface area contributed by atoms with Gasteiger partial charge in [0.15, 0.2) is 0 Å². The monoisotopic (exact) mass is 202 g/mol. The Balaban J connectivity index is 2.42. The summed E-state index contributed by atoms with van der Waals surface area (Å²) in [4.78, 5) is 11.5. The zero-order valence-electron chi connectivity index (χ0n) is 8.28. The molecule has 15 heavy (non-hydrogen) atoms. The van der Waals surface area contributed by atoms with Gasteiger partial charge in [0, 0.05) is 5.69 Å². The smallest absolute Gasteiger partial charge is 0.233 e. The Kier molecular flexibility index (Phi) is 2.30. The zero-order valence-corrected chi connectivity index (χ0v) is 8.28. The summed E-state index contributed by atoms with van der Waals surface area (Å²) >= 11 is 0. The number of nitrogens with one attached hydrogen (secondary N) is 1. The van der Waals surface area contributed by atoms with Crippen LogP contribution < -0.4 is 10.1 Å². The lowest BCUT2D eigenvalue weighted by molar-refractivity contribution is -0.116. The van der Waals surface area contributed by atoms with E-state index in [9.17, 15) is 4.79 Å². The highest BCUT2D eigenvalue weighted by atomic mass is 16.5. The van der Waals surface area contributed by atoms with Crippen molar-refractivity contribution in [2.24, 2.45) is 0 Å². The lowest BCUT2D eigenvalue weighted by Gasteiger charge is -2.05. The Morgan fingerprint density at radius 1 is 1.60 bits per heavy atom. The molecule has 1 heterocycles. The minimum atomic E-state index is -0.361. The van der Waals surface area contributed by atoms with Crippen LogP contribution in [-0.4, -0.2) is 13.0 Å². The number of methoxy groups -OCH3 is 1. The summed E-state index contributed by atoms with van der Waals surface area (Å²) in [6.45, 7) is 0. The van der Waals surface area contributed by atoms with Gasteiger partial charge in [-0.2, -0.15) is 5.26 Å². The van der Waals surface area contributed by atoms with Gasteiger partial charge in [-0.15, -0.1) is 0 Å². The molecule has 0 aromatic heterocycles. The number of benzene rings is 1. The molecule has 0 fully saturated rings. The van der Waals surface area contributed by atoms with Crippen LogP contribution in [0.15, 0.2) is 18.2 Å². The molecule has 0 saturated heterocycles. The Morgan fingerprint density at radius 2 is 2.40 bits per heavy atom. The number of fused-ring (bicyclic) bond motifs is 1. The van der Waals surface area contributed by atoms with Crippen LogP contribution in [-0.2, 0) is 4.79 Å². The molecule has 1 unspecified atom stereocenters. The van der Waals surface area contributed by atoms with Gasteiger partial charge in [-0.05, 0) is 23.8 Å². The highest BCUT2D eigenvalue weighted by Crippen LogP contribution is 2.36. The van der Waals surface area contributed by atoms with E-state index >= 15 is 0 Å². The average molecular weight is 202 g/mol. The maximum Gasteiger partial charge on any atom is 0.233 e. The maximum atomic E-state index is 11.5. The number of carbonyl (C=O) groups excluding carboxylic acids is 1. The molecule has 4 heteroatoms. The molecule has 1 aliphatic heterocycles. The van der Waals surface area contributed by atoms with Crippen molar-refractivity contribution in [3.8, 4) is 11.8 Å². The van der Waals surface area contributed by atoms with Gasteiger partial charge in [-0.3, -0.25) is 4.79 Å². The SMILES string of the molecule is COc1ccc2c(c1)C(CC#N)C(=O)N2. The van der Waals surface area contributed by atoms with E-state index in [2.05, 4.69) is 5.32 Å². The number of rotatable bonds is 2. The largest absolute Gasteiger partial charge is 0.497 e. The van der Waals surface area contributed by atoms with Crippen molar-refractivity contribution in [3.05, 3.63) is 23.8 Å². The Morgan fingerprint density at radius 3 is 3.07 bits per heavy atom. The number of carbonyl (C=O) groups is 1. The zero-order chi connectivity index (χ0) is 10.8. The highest BCUT2D eigenvalue weighted by molar-refractivity contribution is 6.03. The van der Waals surface area contributed by atoms with Crippen LogP contribution >= 0.6 is 0 Å². The fraction of sp³-hybridized carbons (Fsp3) is 0.273. The summed E-state index contributed by atoms with van der Waals surface area (Å²) in [6.07, 6.45) is 0.200. The first-order valence-corrected chi connectivity index (χ1v) is 4.62. The van der Waals surface area contributed by atoms with Crippen LogP contribution in [0.5, 0.6) is 5.75 Å². The molecule has 0 bridgehead atoms. The van der Waals surface area contributed by atoms with E-state index in [4.69, 9.17) is 10.00 Å². The van der Waals surface area contributed by atoms with Crippen LogP contribution in [0.1, 0.15) is 17.9 Å². The van der Waals surface area contributed by atoms with E-state index in [-0.39, 0.29) is 18.2 Å². The van der Waals surface area contributed by atoms with E-state index in [0.717, 1.165) is 11.3 Å². The molecule has 4 nitrogen and oxygen atoms in total. The van der Waals surface area contributed by atoms with Crippen molar-refractivity contribution in [3.63, 3.8) is 0 Å². The quantitative estimate of drug-likeness (QED) is 0.793. The molecule has 0 radical (unpaired) electrons. The first-order chi connectivity index (χ1) is 7.26. The van der Waals surface area contributed by atoms with E-state index in [1.165, 1.54) is 0 Å². The first kappa shape index (κ1) is 9.53. The third-order valence-electron chi connectivity index (χ3n) is 2.50. The first-order valence-electron chi connectivity index (χ1n) is 4.62. The van der Waals surface area contributed by atoms with Crippen molar-refractivity contribution in [2.45, 2.75) is 12.3 Å². The van der Waals surface area contributed by atoms with Gasteiger partial charge in [0.05, 0.1) is 25.5 Å². The lowest BCUT2D eigenvalue weighted by atomic mass is 9.98. The van der Waals surface area contributed by atoms with Gasteiger partial charge < -0.3 is 10.1 Å². The van der Waals surface area contributed by atoms with Gasteiger partial charge >= 0.3 is 0 Å². The normalized spacial score (nSPS) is 17.9. The molecule has 1 atom stereocenters. The second-order valence-corrected chi connectivity index (χ2v) is 3.36. The van der Waals surface area contributed by atoms with E-state index in [1.54, 1.807) is 25.3 Å². The Hall–Kier alpha value is -2.02. The fourth-order valence-electron chi connectivity index (χ4n) is 1.72. The standard InChI is InChI=1S/C11H10N2O2/c1-15-7-2-3-10-9(6-7)8(4-5-12)11(14)13-10/h2-3,6,8H,4H2,1H3,(H,13,14). The van der Waals surface area contributed by atoms with Crippen molar-refractivity contribution in [2.75, 3.05) is 12.4 Å². The topological polar surface area (TPSA) is 62.1 Å². The molecule has 1 aromatic carbocycles. The van der Waals surface area contributed by atoms with Crippen molar-refractivity contribution in [1.82, 2.24) is 0 Å². The summed E-state index contributed by atoms with van der Waals surface area (Å²) in [7, 11) is 1.57. The predicted molar refractivity (Wildman–Crippen MR) is 54.6 cm³/mol. The third-order valence-corrected chi connectivity index (χ3v) is 2.50.